The van der Waals surface area contributed by atoms with E-state index in [0.29, 0.717) is 23.8 Å². The molecule has 0 aromatic rings. The fourth-order valence-electron chi connectivity index (χ4n) is 4.42. The summed E-state index contributed by atoms with van der Waals surface area (Å²) in [6.45, 7) is 3.21. The Hall–Kier alpha value is -2.65. The van der Waals surface area contributed by atoms with Crippen LogP contribution in [0.1, 0.15) is 52.4 Å². The van der Waals surface area contributed by atoms with Crippen molar-refractivity contribution in [2.24, 2.45) is 11.8 Å². The molecular weight excluding hydrogens is 366 g/mol. The van der Waals surface area contributed by atoms with Gasteiger partial charge in [-0.15, -0.1) is 0 Å². The minimum absolute atomic E-state index is 0.0801. The van der Waals surface area contributed by atoms with Crippen molar-refractivity contribution >= 4 is 29.8 Å². The molecule has 4 aliphatic rings. The Kier molecular flexibility index (Phi) is 4.13. The summed E-state index contributed by atoms with van der Waals surface area (Å²) >= 11 is 0. The second-order valence-electron chi connectivity index (χ2n) is 8.67. The zero-order chi connectivity index (χ0) is 20.3. The second-order valence-corrected chi connectivity index (χ2v) is 8.67. The summed E-state index contributed by atoms with van der Waals surface area (Å²) < 4.78 is 0. The lowest BCUT2D eigenvalue weighted by atomic mass is 9.77. The molecule has 2 saturated carbocycles. The maximum absolute atomic E-state index is 12.8. The number of hydrogen-bond acceptors (Lipinski definition) is 5. The van der Waals surface area contributed by atoms with Crippen LogP contribution in [0, 0.1) is 11.8 Å². The van der Waals surface area contributed by atoms with Crippen molar-refractivity contribution in [2.45, 2.75) is 63.5 Å². The molecule has 1 spiro atoms. The third kappa shape index (κ3) is 2.82. The Labute approximate surface area is 162 Å². The van der Waals surface area contributed by atoms with E-state index < -0.39 is 47.4 Å². The molecule has 2 heterocycles. The zero-order valence-electron chi connectivity index (χ0n) is 16.0. The number of imide groups is 2. The molecule has 1 unspecified atom stereocenters. The monoisotopic (exact) mass is 391 g/mol. The Morgan fingerprint density at radius 3 is 2.29 bits per heavy atom. The Bertz CT molecular complexity index is 770. The highest BCUT2D eigenvalue weighted by atomic mass is 16.2. The summed E-state index contributed by atoms with van der Waals surface area (Å²) in [5.41, 5.74) is 0.305. The van der Waals surface area contributed by atoms with Gasteiger partial charge in [0.05, 0.1) is 0 Å². The number of nitrogens with zero attached hydrogens (tertiary/aromatic N) is 2. The van der Waals surface area contributed by atoms with Crippen LogP contribution < -0.4 is 16.1 Å². The van der Waals surface area contributed by atoms with Crippen molar-refractivity contribution in [3.05, 3.63) is 0 Å². The minimum atomic E-state index is -0.985. The summed E-state index contributed by atoms with van der Waals surface area (Å²) in [6.07, 6.45) is 4.39. The average molecular weight is 391 g/mol. The van der Waals surface area contributed by atoms with Gasteiger partial charge in [-0.1, -0.05) is 6.92 Å². The number of carbonyl (C=O) groups excluding carboxylic acids is 5. The van der Waals surface area contributed by atoms with Gasteiger partial charge >= 0.3 is 12.1 Å². The molecule has 28 heavy (non-hydrogen) atoms. The van der Waals surface area contributed by atoms with E-state index in [4.69, 9.17) is 0 Å². The van der Waals surface area contributed by atoms with Gasteiger partial charge in [0.2, 0.25) is 0 Å². The van der Waals surface area contributed by atoms with Crippen molar-refractivity contribution in [1.29, 1.82) is 0 Å². The number of hydrazine groups is 1. The molecule has 3 N–H and O–H groups in total. The fraction of sp³-hybridized carbons (Fsp3) is 0.722. The van der Waals surface area contributed by atoms with Gasteiger partial charge in [0, 0.05) is 0 Å². The number of urea groups is 2. The molecule has 0 aromatic carbocycles. The molecule has 0 bridgehead atoms. The van der Waals surface area contributed by atoms with E-state index in [1.54, 1.807) is 6.92 Å². The van der Waals surface area contributed by atoms with Crippen LogP contribution in [-0.2, 0) is 14.4 Å². The van der Waals surface area contributed by atoms with Crippen LogP contribution in [0.15, 0.2) is 0 Å². The molecule has 152 valence electrons. The van der Waals surface area contributed by atoms with Gasteiger partial charge in [-0.25, -0.2) is 9.59 Å². The van der Waals surface area contributed by atoms with Crippen molar-refractivity contribution in [3.63, 3.8) is 0 Å². The minimum Gasteiger partial charge on any atom is -0.323 e. The number of nitrogens with one attached hydrogen (secondary N) is 3. The maximum atomic E-state index is 12.8. The van der Waals surface area contributed by atoms with Gasteiger partial charge in [-0.05, 0) is 57.3 Å². The number of carbonyl (C=O) groups is 5. The first-order chi connectivity index (χ1) is 13.2. The Morgan fingerprint density at radius 1 is 1.04 bits per heavy atom. The first-order valence-corrected chi connectivity index (χ1v) is 9.76. The number of hydrogen-bond donors (Lipinski definition) is 3. The van der Waals surface area contributed by atoms with Crippen LogP contribution in [-0.4, -0.2) is 57.3 Å². The first kappa shape index (κ1) is 18.7. The number of rotatable bonds is 4. The van der Waals surface area contributed by atoms with Crippen molar-refractivity contribution in [3.8, 4) is 0 Å². The van der Waals surface area contributed by atoms with Crippen molar-refractivity contribution < 1.29 is 24.0 Å². The molecular formula is C18H25N5O5. The predicted octanol–water partition coefficient (Wildman–Crippen LogP) is 0.239. The molecule has 2 aliphatic carbocycles. The van der Waals surface area contributed by atoms with E-state index in [1.165, 1.54) is 0 Å². The molecule has 1 atom stereocenters. The molecule has 0 radical (unpaired) electrons. The standard InChI is InChI=1S/C18H25N5O5/c1-10-5-7-18(8-6-10)14(26)23(16(28)20-18)21-12(24)9-22-13(25)17(2,11-3-4-11)19-15(22)27/h10-11H,3-9H2,1-2H3,(H,19,27)(H,20,28)(H,21,24). The summed E-state index contributed by atoms with van der Waals surface area (Å²) in [7, 11) is 0. The molecule has 4 fully saturated rings. The van der Waals surface area contributed by atoms with E-state index >= 15 is 0 Å². The zero-order valence-corrected chi connectivity index (χ0v) is 16.0. The molecule has 10 nitrogen and oxygen atoms in total. The smallest absolute Gasteiger partial charge is 0.323 e. The van der Waals surface area contributed by atoms with Gasteiger partial charge in [-0.2, -0.15) is 5.01 Å². The molecule has 2 aliphatic heterocycles. The summed E-state index contributed by atoms with van der Waals surface area (Å²) in [5.74, 6) is -1.15. The number of amides is 7. The predicted molar refractivity (Wildman–Crippen MR) is 95.3 cm³/mol. The lowest BCUT2D eigenvalue weighted by Crippen LogP contribution is -2.53. The summed E-state index contributed by atoms with van der Waals surface area (Å²) in [4.78, 5) is 63.0. The van der Waals surface area contributed by atoms with Crippen LogP contribution in [0.4, 0.5) is 9.59 Å². The highest BCUT2D eigenvalue weighted by molar-refractivity contribution is 6.10. The lowest BCUT2D eigenvalue weighted by Gasteiger charge is -2.33. The highest BCUT2D eigenvalue weighted by Crippen LogP contribution is 2.42. The quantitative estimate of drug-likeness (QED) is 0.592. The van der Waals surface area contributed by atoms with Crippen LogP contribution >= 0.6 is 0 Å². The third-order valence-corrected chi connectivity index (χ3v) is 6.52. The summed E-state index contributed by atoms with van der Waals surface area (Å²) in [6, 6.07) is -1.32. The van der Waals surface area contributed by atoms with Crippen LogP contribution in [0.2, 0.25) is 0 Å². The fourth-order valence-corrected chi connectivity index (χ4v) is 4.42. The van der Waals surface area contributed by atoms with Crippen LogP contribution in [0.3, 0.4) is 0 Å². The van der Waals surface area contributed by atoms with E-state index in [0.717, 1.165) is 30.6 Å². The molecule has 7 amide bonds. The van der Waals surface area contributed by atoms with Crippen molar-refractivity contribution in [2.75, 3.05) is 6.54 Å². The normalized spacial score (nSPS) is 35.4. The van der Waals surface area contributed by atoms with E-state index in [-0.39, 0.29) is 5.92 Å². The summed E-state index contributed by atoms with van der Waals surface area (Å²) in [5, 5.41) is 6.04. The second kappa shape index (κ2) is 6.18. The van der Waals surface area contributed by atoms with E-state index in [9.17, 15) is 24.0 Å². The molecule has 4 rings (SSSR count). The van der Waals surface area contributed by atoms with Gasteiger partial charge in [0.15, 0.2) is 0 Å². The van der Waals surface area contributed by atoms with Crippen LogP contribution in [0.5, 0.6) is 0 Å². The topological polar surface area (TPSA) is 128 Å². The van der Waals surface area contributed by atoms with Gasteiger partial charge in [0.25, 0.3) is 17.7 Å². The van der Waals surface area contributed by atoms with Gasteiger partial charge < -0.3 is 10.6 Å². The van der Waals surface area contributed by atoms with E-state index in [1.807, 2.05) is 0 Å². The average Bonchev–Trinajstić information content (AvgIpc) is 3.44. The van der Waals surface area contributed by atoms with Gasteiger partial charge in [-0.3, -0.25) is 24.7 Å². The Balaban J connectivity index is 1.40. The lowest BCUT2D eigenvalue weighted by molar-refractivity contribution is -0.141. The third-order valence-electron chi connectivity index (χ3n) is 6.52. The maximum Gasteiger partial charge on any atom is 0.344 e. The largest absolute Gasteiger partial charge is 0.344 e. The highest BCUT2D eigenvalue weighted by Gasteiger charge is 2.57. The SMILES string of the molecule is CC1CCC2(CC1)NC(=O)N(NC(=O)CN1C(=O)NC(C)(C3CC3)C1=O)C2=O. The molecule has 2 saturated heterocycles. The molecule has 10 heteroatoms. The van der Waals surface area contributed by atoms with Gasteiger partial charge in [0.1, 0.15) is 17.6 Å². The van der Waals surface area contributed by atoms with Crippen LogP contribution in [0.25, 0.3) is 0 Å². The first-order valence-electron chi connectivity index (χ1n) is 9.76. The molecule has 0 aromatic heterocycles. The Morgan fingerprint density at radius 2 is 1.68 bits per heavy atom. The van der Waals surface area contributed by atoms with Crippen molar-refractivity contribution in [1.82, 2.24) is 26.0 Å². The van der Waals surface area contributed by atoms with E-state index in [2.05, 4.69) is 23.0 Å².